The van der Waals surface area contributed by atoms with Crippen molar-refractivity contribution in [1.82, 2.24) is 4.57 Å². The van der Waals surface area contributed by atoms with Crippen LogP contribution in [0.1, 0.15) is 16.1 Å². The first kappa shape index (κ1) is 12.2. The Morgan fingerprint density at radius 2 is 2.12 bits per heavy atom. The summed E-state index contributed by atoms with van der Waals surface area (Å²) in [6.45, 7) is 4.39. The fourth-order valence-corrected chi connectivity index (χ4v) is 2.66. The molecular formula is C12H13ClN2OS. The molecule has 0 saturated heterocycles. The molecule has 90 valence electrons. The van der Waals surface area contributed by atoms with Crippen LogP contribution in [-0.2, 0) is 6.54 Å². The molecule has 1 aromatic carbocycles. The predicted octanol–water partition coefficient (Wildman–Crippen LogP) is 2.81. The molecule has 1 aromatic heterocycles. The highest BCUT2D eigenvalue weighted by Gasteiger charge is 2.09. The number of hydrogen-bond acceptors (Lipinski definition) is 3. The molecule has 0 amide bonds. The molecule has 0 spiro atoms. The van der Waals surface area contributed by atoms with Crippen molar-refractivity contribution in [3.63, 3.8) is 0 Å². The van der Waals surface area contributed by atoms with Gasteiger partial charge in [0.2, 0.25) is 0 Å². The summed E-state index contributed by atoms with van der Waals surface area (Å²) in [5.74, 6) is 0. The van der Waals surface area contributed by atoms with Crippen molar-refractivity contribution in [3.05, 3.63) is 49.0 Å². The Morgan fingerprint density at radius 3 is 2.65 bits per heavy atom. The first-order valence-corrected chi connectivity index (χ1v) is 6.39. The van der Waals surface area contributed by atoms with Crippen LogP contribution in [0.2, 0.25) is 5.02 Å². The molecule has 3 nitrogen and oxygen atoms in total. The third-order valence-electron chi connectivity index (χ3n) is 2.81. The number of hydrogen-bond donors (Lipinski definition) is 1. The molecule has 2 N–H and O–H groups in total. The smallest absolute Gasteiger partial charge is 0.307 e. The van der Waals surface area contributed by atoms with Crippen LogP contribution in [0.5, 0.6) is 0 Å². The van der Waals surface area contributed by atoms with Crippen molar-refractivity contribution in [1.29, 1.82) is 0 Å². The van der Waals surface area contributed by atoms with Crippen LogP contribution in [0, 0.1) is 13.8 Å². The lowest BCUT2D eigenvalue weighted by Gasteiger charge is -2.08. The largest absolute Gasteiger partial charge is 0.398 e. The Bertz CT molecular complexity index is 615. The standard InChI is InChI=1S/C12H13ClN2OS/c1-7-8(2)17-12(16)15(7)6-9-3-4-10(13)5-11(9)14/h3-5H,6,14H2,1-2H3. The van der Waals surface area contributed by atoms with E-state index in [0.29, 0.717) is 17.3 Å². The fourth-order valence-electron chi connectivity index (χ4n) is 1.65. The van der Waals surface area contributed by atoms with Crippen LogP contribution in [0.4, 0.5) is 5.69 Å². The topological polar surface area (TPSA) is 48.0 Å². The summed E-state index contributed by atoms with van der Waals surface area (Å²) in [7, 11) is 0. The van der Waals surface area contributed by atoms with Gasteiger partial charge in [-0.3, -0.25) is 9.36 Å². The highest BCUT2D eigenvalue weighted by atomic mass is 35.5. The molecule has 0 saturated carbocycles. The summed E-state index contributed by atoms with van der Waals surface area (Å²) in [5.41, 5.74) is 8.41. The molecule has 2 rings (SSSR count). The molecule has 0 aliphatic rings. The summed E-state index contributed by atoms with van der Waals surface area (Å²) < 4.78 is 1.74. The Labute approximate surface area is 108 Å². The lowest BCUT2D eigenvalue weighted by atomic mass is 10.2. The van der Waals surface area contributed by atoms with Crippen LogP contribution in [0.3, 0.4) is 0 Å². The van der Waals surface area contributed by atoms with E-state index in [1.807, 2.05) is 19.9 Å². The van der Waals surface area contributed by atoms with Gasteiger partial charge < -0.3 is 5.73 Å². The summed E-state index contributed by atoms with van der Waals surface area (Å²) in [6.07, 6.45) is 0. The average molecular weight is 269 g/mol. The maximum Gasteiger partial charge on any atom is 0.307 e. The van der Waals surface area contributed by atoms with Gasteiger partial charge in [0.1, 0.15) is 0 Å². The minimum absolute atomic E-state index is 0.0503. The van der Waals surface area contributed by atoms with Crippen LogP contribution in [0.25, 0.3) is 0 Å². The summed E-state index contributed by atoms with van der Waals surface area (Å²) in [4.78, 5) is 12.9. The second-order valence-electron chi connectivity index (χ2n) is 3.94. The van der Waals surface area contributed by atoms with Crippen LogP contribution in [-0.4, -0.2) is 4.57 Å². The minimum atomic E-state index is 0.0503. The molecule has 1 heterocycles. The van der Waals surface area contributed by atoms with Gasteiger partial charge >= 0.3 is 4.87 Å². The van der Waals surface area contributed by atoms with Gasteiger partial charge in [0.05, 0.1) is 6.54 Å². The van der Waals surface area contributed by atoms with Crippen molar-refractivity contribution >= 4 is 28.6 Å². The molecule has 0 atom stereocenters. The number of halogens is 1. The van der Waals surface area contributed by atoms with E-state index in [0.717, 1.165) is 16.1 Å². The van der Waals surface area contributed by atoms with Gasteiger partial charge in [-0.05, 0) is 31.5 Å². The zero-order valence-electron chi connectivity index (χ0n) is 9.66. The number of aryl methyl sites for hydroxylation is 1. The molecule has 0 aliphatic carbocycles. The van der Waals surface area contributed by atoms with Gasteiger partial charge in [-0.1, -0.05) is 29.0 Å². The third kappa shape index (κ3) is 2.37. The number of anilines is 1. The monoisotopic (exact) mass is 268 g/mol. The van der Waals surface area contributed by atoms with Crippen molar-refractivity contribution in [2.24, 2.45) is 0 Å². The zero-order chi connectivity index (χ0) is 12.6. The van der Waals surface area contributed by atoms with Crippen LogP contribution in [0.15, 0.2) is 23.0 Å². The van der Waals surface area contributed by atoms with Gasteiger partial charge in [-0.25, -0.2) is 0 Å². The molecule has 5 heteroatoms. The second kappa shape index (κ2) is 4.55. The van der Waals surface area contributed by atoms with E-state index >= 15 is 0 Å². The fraction of sp³-hybridized carbons (Fsp3) is 0.250. The first-order valence-electron chi connectivity index (χ1n) is 5.20. The first-order chi connectivity index (χ1) is 7.99. The van der Waals surface area contributed by atoms with Gasteiger partial charge in [-0.2, -0.15) is 0 Å². The second-order valence-corrected chi connectivity index (χ2v) is 5.54. The average Bonchev–Trinajstić information content (AvgIpc) is 2.48. The Morgan fingerprint density at radius 1 is 1.41 bits per heavy atom. The summed E-state index contributed by atoms with van der Waals surface area (Å²) >= 11 is 7.10. The number of nitrogens with zero attached hydrogens (tertiary/aromatic N) is 1. The zero-order valence-corrected chi connectivity index (χ0v) is 11.2. The molecule has 0 aliphatic heterocycles. The van der Waals surface area contributed by atoms with Crippen molar-refractivity contribution < 1.29 is 0 Å². The third-order valence-corrected chi connectivity index (χ3v) is 4.04. The lowest BCUT2D eigenvalue weighted by molar-refractivity contribution is 0.753. The minimum Gasteiger partial charge on any atom is -0.398 e. The number of nitrogens with two attached hydrogens (primary N) is 1. The highest BCUT2D eigenvalue weighted by molar-refractivity contribution is 7.09. The molecule has 0 bridgehead atoms. The van der Waals surface area contributed by atoms with Crippen molar-refractivity contribution in [2.45, 2.75) is 20.4 Å². The molecule has 0 fully saturated rings. The number of thiazole rings is 1. The molecule has 2 aromatic rings. The molecule has 0 radical (unpaired) electrons. The Kier molecular flexibility index (Phi) is 3.26. The van der Waals surface area contributed by atoms with Crippen LogP contribution >= 0.6 is 22.9 Å². The summed E-state index contributed by atoms with van der Waals surface area (Å²) in [6, 6.07) is 5.35. The van der Waals surface area contributed by atoms with E-state index in [1.54, 1.807) is 16.7 Å². The van der Waals surface area contributed by atoms with Gasteiger partial charge in [-0.15, -0.1) is 0 Å². The van der Waals surface area contributed by atoms with E-state index in [1.165, 1.54) is 11.3 Å². The van der Waals surface area contributed by atoms with E-state index in [-0.39, 0.29) is 4.87 Å². The predicted molar refractivity (Wildman–Crippen MR) is 73.0 cm³/mol. The maximum atomic E-state index is 11.8. The van der Waals surface area contributed by atoms with Gasteiger partial charge in [0.25, 0.3) is 0 Å². The lowest BCUT2D eigenvalue weighted by Crippen LogP contribution is -2.16. The Hall–Kier alpha value is -1.26. The van der Waals surface area contributed by atoms with E-state index in [4.69, 9.17) is 17.3 Å². The van der Waals surface area contributed by atoms with Crippen LogP contribution < -0.4 is 10.6 Å². The van der Waals surface area contributed by atoms with E-state index in [9.17, 15) is 4.79 Å². The SMILES string of the molecule is Cc1sc(=O)n(Cc2ccc(Cl)cc2N)c1C. The van der Waals surface area contributed by atoms with Gasteiger partial charge in [0.15, 0.2) is 0 Å². The normalized spacial score (nSPS) is 10.8. The number of nitrogen functional groups attached to an aromatic ring is 1. The Balaban J connectivity index is 2.41. The molecular weight excluding hydrogens is 256 g/mol. The number of rotatable bonds is 2. The maximum absolute atomic E-state index is 11.8. The van der Waals surface area contributed by atoms with Crippen molar-refractivity contribution in [2.75, 3.05) is 5.73 Å². The molecule has 17 heavy (non-hydrogen) atoms. The number of benzene rings is 1. The number of aromatic nitrogens is 1. The highest BCUT2D eigenvalue weighted by Crippen LogP contribution is 2.20. The van der Waals surface area contributed by atoms with Crippen molar-refractivity contribution in [3.8, 4) is 0 Å². The van der Waals surface area contributed by atoms with Gasteiger partial charge in [0, 0.05) is 21.3 Å². The quantitative estimate of drug-likeness (QED) is 0.852. The summed E-state index contributed by atoms with van der Waals surface area (Å²) in [5, 5.41) is 0.608. The molecule has 0 unspecified atom stereocenters. The van der Waals surface area contributed by atoms with E-state index < -0.39 is 0 Å². The van der Waals surface area contributed by atoms with E-state index in [2.05, 4.69) is 0 Å².